The highest BCUT2D eigenvalue weighted by Crippen LogP contribution is 2.24. The van der Waals surface area contributed by atoms with Crippen molar-refractivity contribution < 1.29 is 24.5 Å². The van der Waals surface area contributed by atoms with E-state index in [4.69, 9.17) is 24.5 Å². The maximum atomic E-state index is 9.10. The minimum atomic E-state index is -1.82. The van der Waals surface area contributed by atoms with E-state index in [1.165, 1.54) is 42.4 Å². The van der Waals surface area contributed by atoms with Gasteiger partial charge in [0, 0.05) is 23.6 Å². The fourth-order valence-corrected chi connectivity index (χ4v) is 2.74. The van der Waals surface area contributed by atoms with E-state index < -0.39 is 11.9 Å². The molecule has 0 bridgehead atoms. The summed E-state index contributed by atoms with van der Waals surface area (Å²) in [5.41, 5.74) is 2.58. The molecule has 0 fully saturated rings. The molecule has 0 saturated heterocycles. The van der Waals surface area contributed by atoms with Crippen LogP contribution >= 0.6 is 0 Å². The SMILES string of the molecule is CCCN(CCC)CCc1c[nH]c2ccc(OC)cc12.O=C(O)C(=O)O. The molecule has 0 spiro atoms. The summed E-state index contributed by atoms with van der Waals surface area (Å²) in [6, 6.07) is 6.22. The van der Waals surface area contributed by atoms with E-state index in [0.717, 1.165) is 18.7 Å². The number of ether oxygens (including phenoxy) is 1. The van der Waals surface area contributed by atoms with E-state index in [1.54, 1.807) is 7.11 Å². The Labute approximate surface area is 153 Å². The molecular formula is C19H28N2O5. The number of rotatable bonds is 8. The Morgan fingerprint density at radius 2 is 1.69 bits per heavy atom. The van der Waals surface area contributed by atoms with E-state index in [-0.39, 0.29) is 0 Å². The molecule has 7 heteroatoms. The van der Waals surface area contributed by atoms with Gasteiger partial charge in [0.1, 0.15) is 5.75 Å². The van der Waals surface area contributed by atoms with Crippen molar-refractivity contribution in [2.24, 2.45) is 0 Å². The molecule has 0 aliphatic rings. The number of benzene rings is 1. The van der Waals surface area contributed by atoms with E-state index in [1.807, 2.05) is 6.07 Å². The van der Waals surface area contributed by atoms with Crippen LogP contribution in [0, 0.1) is 0 Å². The standard InChI is InChI=1S/C17H26N2O.C2H2O4/c1-4-9-19(10-5-2)11-8-14-13-18-17-7-6-15(20-3)12-16(14)17;3-1(4)2(5)6/h6-7,12-13,18H,4-5,8-11H2,1-3H3;(H,3,4)(H,5,6). The zero-order chi connectivity index (χ0) is 19.5. The first-order valence-electron chi connectivity index (χ1n) is 8.75. The molecule has 1 aromatic carbocycles. The Kier molecular flexibility index (Phi) is 9.22. The topological polar surface area (TPSA) is 103 Å². The van der Waals surface area contributed by atoms with Gasteiger partial charge < -0.3 is 24.8 Å². The lowest BCUT2D eigenvalue weighted by molar-refractivity contribution is -0.159. The summed E-state index contributed by atoms with van der Waals surface area (Å²) in [5.74, 6) is -2.72. The summed E-state index contributed by atoms with van der Waals surface area (Å²) in [7, 11) is 1.72. The maximum Gasteiger partial charge on any atom is 0.414 e. The van der Waals surface area contributed by atoms with Gasteiger partial charge in [-0.15, -0.1) is 0 Å². The third kappa shape index (κ3) is 6.76. The average Bonchev–Trinajstić information content (AvgIpc) is 3.02. The smallest absolute Gasteiger partial charge is 0.414 e. The zero-order valence-corrected chi connectivity index (χ0v) is 15.6. The number of aromatic amines is 1. The van der Waals surface area contributed by atoms with Crippen LogP contribution in [-0.4, -0.2) is 58.8 Å². The van der Waals surface area contributed by atoms with Gasteiger partial charge in [0.15, 0.2) is 0 Å². The number of nitrogens with zero attached hydrogens (tertiary/aromatic N) is 1. The number of fused-ring (bicyclic) bond motifs is 1. The molecule has 26 heavy (non-hydrogen) atoms. The van der Waals surface area contributed by atoms with Gasteiger partial charge in [-0.3, -0.25) is 0 Å². The summed E-state index contributed by atoms with van der Waals surface area (Å²) in [5, 5.41) is 16.1. The quantitative estimate of drug-likeness (QED) is 0.622. The average molecular weight is 364 g/mol. The minimum absolute atomic E-state index is 0.928. The molecular weight excluding hydrogens is 336 g/mol. The molecule has 7 nitrogen and oxygen atoms in total. The second-order valence-corrected chi connectivity index (χ2v) is 5.93. The van der Waals surface area contributed by atoms with Gasteiger partial charge in [-0.2, -0.15) is 0 Å². The molecule has 0 saturated carbocycles. The number of carboxylic acids is 2. The third-order valence-electron chi connectivity index (χ3n) is 3.93. The first-order valence-corrected chi connectivity index (χ1v) is 8.75. The number of aromatic nitrogens is 1. The molecule has 1 aromatic heterocycles. The lowest BCUT2D eigenvalue weighted by atomic mass is 10.1. The van der Waals surface area contributed by atoms with E-state index in [9.17, 15) is 0 Å². The summed E-state index contributed by atoms with van der Waals surface area (Å²) in [6.45, 7) is 8.02. The van der Waals surface area contributed by atoms with Crippen molar-refractivity contribution in [3.05, 3.63) is 30.0 Å². The van der Waals surface area contributed by atoms with Crippen LogP contribution in [0.3, 0.4) is 0 Å². The molecule has 2 aromatic rings. The Balaban J connectivity index is 0.000000487. The molecule has 0 aliphatic carbocycles. The largest absolute Gasteiger partial charge is 0.497 e. The molecule has 0 atom stereocenters. The third-order valence-corrected chi connectivity index (χ3v) is 3.93. The highest BCUT2D eigenvalue weighted by Gasteiger charge is 2.08. The highest BCUT2D eigenvalue weighted by atomic mass is 16.5. The van der Waals surface area contributed by atoms with Crippen LogP contribution in [0.15, 0.2) is 24.4 Å². The normalized spacial score (nSPS) is 10.5. The Bertz CT molecular complexity index is 693. The number of carbonyl (C=O) groups is 2. The first-order chi connectivity index (χ1) is 12.4. The monoisotopic (exact) mass is 364 g/mol. The van der Waals surface area contributed by atoms with Gasteiger partial charge in [0.05, 0.1) is 7.11 Å². The molecule has 3 N–H and O–H groups in total. The molecule has 0 radical (unpaired) electrons. The van der Waals surface area contributed by atoms with Crippen LogP contribution in [-0.2, 0) is 16.0 Å². The summed E-state index contributed by atoms with van der Waals surface area (Å²) in [6.07, 6.45) is 5.68. The second-order valence-electron chi connectivity index (χ2n) is 5.93. The van der Waals surface area contributed by atoms with Crippen molar-refractivity contribution in [3.63, 3.8) is 0 Å². The van der Waals surface area contributed by atoms with Gasteiger partial charge >= 0.3 is 11.9 Å². The first kappa shape index (κ1) is 21.5. The van der Waals surface area contributed by atoms with Crippen LogP contribution in [0.4, 0.5) is 0 Å². The maximum absolute atomic E-state index is 9.10. The number of aliphatic carboxylic acids is 2. The van der Waals surface area contributed by atoms with Gasteiger partial charge in [-0.1, -0.05) is 13.8 Å². The number of nitrogens with one attached hydrogen (secondary N) is 1. The van der Waals surface area contributed by atoms with Crippen LogP contribution in [0.5, 0.6) is 5.75 Å². The lowest BCUT2D eigenvalue weighted by Gasteiger charge is -2.20. The van der Waals surface area contributed by atoms with Crippen LogP contribution in [0.1, 0.15) is 32.3 Å². The van der Waals surface area contributed by atoms with E-state index >= 15 is 0 Å². The van der Waals surface area contributed by atoms with Crippen LogP contribution in [0.25, 0.3) is 10.9 Å². The number of hydrogen-bond acceptors (Lipinski definition) is 4. The Morgan fingerprint density at radius 1 is 1.08 bits per heavy atom. The van der Waals surface area contributed by atoms with E-state index in [0.29, 0.717) is 0 Å². The summed E-state index contributed by atoms with van der Waals surface area (Å²) >= 11 is 0. The molecule has 1 heterocycles. The molecule has 0 unspecified atom stereocenters. The number of methoxy groups -OCH3 is 1. The van der Waals surface area contributed by atoms with Crippen LogP contribution < -0.4 is 4.74 Å². The Hall–Kier alpha value is -2.54. The molecule has 144 valence electrons. The summed E-state index contributed by atoms with van der Waals surface area (Å²) < 4.78 is 5.33. The predicted octanol–water partition coefficient (Wildman–Crippen LogP) is 3.00. The number of carboxylic acid groups (broad SMARTS) is 2. The van der Waals surface area contributed by atoms with Gasteiger partial charge in [-0.25, -0.2) is 9.59 Å². The van der Waals surface area contributed by atoms with Gasteiger partial charge in [0.25, 0.3) is 0 Å². The van der Waals surface area contributed by atoms with Crippen molar-refractivity contribution in [2.75, 3.05) is 26.7 Å². The van der Waals surface area contributed by atoms with Crippen molar-refractivity contribution in [3.8, 4) is 5.75 Å². The fraction of sp³-hybridized carbons (Fsp3) is 0.474. The van der Waals surface area contributed by atoms with Crippen molar-refractivity contribution in [1.82, 2.24) is 9.88 Å². The summed E-state index contributed by atoms with van der Waals surface area (Å²) in [4.78, 5) is 24.1. The fourth-order valence-electron chi connectivity index (χ4n) is 2.74. The second kappa shape index (κ2) is 11.1. The molecule has 0 aliphatic heterocycles. The molecule has 0 amide bonds. The minimum Gasteiger partial charge on any atom is -0.497 e. The van der Waals surface area contributed by atoms with E-state index in [2.05, 4.69) is 42.1 Å². The Morgan fingerprint density at radius 3 is 2.19 bits per heavy atom. The predicted molar refractivity (Wildman–Crippen MR) is 101 cm³/mol. The number of hydrogen-bond donors (Lipinski definition) is 3. The van der Waals surface area contributed by atoms with Gasteiger partial charge in [-0.05, 0) is 56.1 Å². The van der Waals surface area contributed by atoms with Gasteiger partial charge in [0.2, 0.25) is 0 Å². The highest BCUT2D eigenvalue weighted by molar-refractivity contribution is 6.27. The zero-order valence-electron chi connectivity index (χ0n) is 15.6. The van der Waals surface area contributed by atoms with Crippen molar-refractivity contribution in [1.29, 1.82) is 0 Å². The molecule has 2 rings (SSSR count). The van der Waals surface area contributed by atoms with Crippen LogP contribution in [0.2, 0.25) is 0 Å². The lowest BCUT2D eigenvalue weighted by Crippen LogP contribution is -2.27. The van der Waals surface area contributed by atoms with Crippen molar-refractivity contribution in [2.45, 2.75) is 33.1 Å². The number of H-pyrrole nitrogens is 1. The van der Waals surface area contributed by atoms with Crippen molar-refractivity contribution >= 4 is 22.8 Å².